The molecular weight excluding hydrogens is 254 g/mol. The first kappa shape index (κ1) is 11.6. The van der Waals surface area contributed by atoms with Crippen molar-refractivity contribution in [2.24, 2.45) is 0 Å². The second kappa shape index (κ2) is 4.31. The van der Waals surface area contributed by atoms with Crippen LogP contribution in [-0.4, -0.2) is 37.2 Å². The van der Waals surface area contributed by atoms with Crippen LogP contribution in [0.25, 0.3) is 0 Å². The van der Waals surface area contributed by atoms with Gasteiger partial charge in [0.1, 0.15) is 0 Å². The molecule has 0 spiro atoms. The minimum Gasteiger partial charge on any atom is -0.464 e. The maximum Gasteiger partial charge on any atom is 0.358 e. The van der Waals surface area contributed by atoms with E-state index in [0.717, 1.165) is 37.4 Å². The number of methoxy groups -OCH3 is 1. The Kier molecular flexibility index (Phi) is 2.78. The number of carbonyl (C=O) groups is 1. The molecule has 3 rings (SSSR count). The second-order valence-corrected chi connectivity index (χ2v) is 5.01. The summed E-state index contributed by atoms with van der Waals surface area (Å²) in [7, 11) is 1.32. The third-order valence-electron chi connectivity index (χ3n) is 3.44. The van der Waals surface area contributed by atoms with Gasteiger partial charge in [-0.25, -0.2) is 9.78 Å². The molecule has 1 saturated heterocycles. The third-order valence-corrected chi connectivity index (χ3v) is 3.73. The molecular formula is C12H14ClN3O2. The Morgan fingerprint density at radius 2 is 2.50 bits per heavy atom. The van der Waals surface area contributed by atoms with Crippen LogP contribution in [0.15, 0.2) is 6.07 Å². The topological polar surface area (TPSA) is 54.5 Å². The summed E-state index contributed by atoms with van der Waals surface area (Å²) in [6, 6.07) is 2.20. The van der Waals surface area contributed by atoms with Crippen molar-refractivity contribution < 1.29 is 9.53 Å². The van der Waals surface area contributed by atoms with E-state index in [1.54, 1.807) is 6.07 Å². The molecule has 18 heavy (non-hydrogen) atoms. The van der Waals surface area contributed by atoms with Crippen LogP contribution >= 0.6 is 11.6 Å². The van der Waals surface area contributed by atoms with E-state index in [1.165, 1.54) is 7.11 Å². The van der Waals surface area contributed by atoms with Gasteiger partial charge in [0.25, 0.3) is 0 Å². The molecule has 1 aromatic rings. The number of hydrogen-bond acceptors (Lipinski definition) is 5. The molecule has 2 aliphatic rings. The molecule has 2 bridgehead atoms. The third kappa shape index (κ3) is 1.79. The van der Waals surface area contributed by atoms with Crippen molar-refractivity contribution in [1.82, 2.24) is 4.98 Å². The van der Waals surface area contributed by atoms with Crippen LogP contribution in [0.1, 0.15) is 23.3 Å². The maximum atomic E-state index is 11.6. The fourth-order valence-electron chi connectivity index (χ4n) is 2.57. The Morgan fingerprint density at radius 3 is 3.28 bits per heavy atom. The van der Waals surface area contributed by atoms with Crippen molar-refractivity contribution in [3.63, 3.8) is 0 Å². The number of esters is 1. The highest BCUT2D eigenvalue weighted by Crippen LogP contribution is 2.36. The van der Waals surface area contributed by atoms with Gasteiger partial charge in [0.15, 0.2) is 11.5 Å². The molecule has 0 aliphatic carbocycles. The zero-order chi connectivity index (χ0) is 12.7. The molecule has 3 heterocycles. The monoisotopic (exact) mass is 267 g/mol. The van der Waals surface area contributed by atoms with Crippen LogP contribution in [0.4, 0.5) is 11.5 Å². The molecule has 1 N–H and O–H groups in total. The molecule has 1 atom stereocenters. The largest absolute Gasteiger partial charge is 0.464 e. The average molecular weight is 268 g/mol. The van der Waals surface area contributed by atoms with E-state index in [2.05, 4.69) is 19.9 Å². The van der Waals surface area contributed by atoms with Gasteiger partial charge in [-0.2, -0.15) is 0 Å². The number of halogens is 1. The molecule has 1 unspecified atom stereocenters. The predicted molar refractivity (Wildman–Crippen MR) is 69.4 cm³/mol. The van der Waals surface area contributed by atoms with Gasteiger partial charge < -0.3 is 15.0 Å². The number of piperidine rings is 1. The van der Waals surface area contributed by atoms with Crippen molar-refractivity contribution in [3.8, 4) is 0 Å². The molecule has 1 fully saturated rings. The Bertz CT molecular complexity index is 506. The van der Waals surface area contributed by atoms with E-state index in [0.29, 0.717) is 11.1 Å². The molecule has 6 heteroatoms. The highest BCUT2D eigenvalue weighted by atomic mass is 35.5. The highest BCUT2D eigenvalue weighted by molar-refractivity contribution is 6.33. The van der Waals surface area contributed by atoms with E-state index < -0.39 is 5.97 Å². The molecule has 0 amide bonds. The zero-order valence-corrected chi connectivity index (χ0v) is 10.8. The first-order chi connectivity index (χ1) is 8.69. The van der Waals surface area contributed by atoms with E-state index in [4.69, 9.17) is 11.6 Å². The van der Waals surface area contributed by atoms with Crippen LogP contribution in [0, 0.1) is 0 Å². The van der Waals surface area contributed by atoms with E-state index in [9.17, 15) is 4.79 Å². The van der Waals surface area contributed by atoms with Gasteiger partial charge >= 0.3 is 5.97 Å². The standard InChI is InChI=1S/C12H14ClN3O2/c1-18-12(17)10-8(13)5-9-11(15-10)14-7-3-2-4-16(9)6-7/h5,7H,2-4,6H2,1H3,(H,14,15). The average Bonchev–Trinajstić information content (AvgIpc) is 2.39. The van der Waals surface area contributed by atoms with Crippen molar-refractivity contribution in [1.29, 1.82) is 0 Å². The fourth-order valence-corrected chi connectivity index (χ4v) is 2.80. The minimum atomic E-state index is -0.504. The van der Waals surface area contributed by atoms with Crippen molar-refractivity contribution in [2.75, 3.05) is 30.4 Å². The number of aromatic nitrogens is 1. The Balaban J connectivity index is 2.05. The summed E-state index contributed by atoms with van der Waals surface area (Å²) in [5, 5.41) is 3.69. The lowest BCUT2D eigenvalue weighted by Crippen LogP contribution is -2.46. The number of carbonyl (C=O) groups excluding carboxylic acids is 1. The quantitative estimate of drug-likeness (QED) is 0.788. The number of fused-ring (bicyclic) bond motifs is 4. The summed E-state index contributed by atoms with van der Waals surface area (Å²) in [5.41, 5.74) is 1.15. The number of pyridine rings is 1. The van der Waals surface area contributed by atoms with Crippen LogP contribution in [-0.2, 0) is 4.74 Å². The number of anilines is 2. The molecule has 0 aromatic carbocycles. The van der Waals surface area contributed by atoms with Crippen molar-refractivity contribution >= 4 is 29.1 Å². The fraction of sp³-hybridized carbons (Fsp3) is 0.500. The van der Waals surface area contributed by atoms with E-state index >= 15 is 0 Å². The van der Waals surface area contributed by atoms with Gasteiger partial charge in [0.05, 0.1) is 17.8 Å². The summed E-state index contributed by atoms with van der Waals surface area (Å²) < 4.78 is 4.67. The zero-order valence-electron chi connectivity index (χ0n) is 10.1. The Labute approximate surface area is 110 Å². The van der Waals surface area contributed by atoms with E-state index in [1.807, 2.05) is 0 Å². The SMILES string of the molecule is COC(=O)c1nc2c(cc1Cl)N1CCCC(C1)N2. The van der Waals surface area contributed by atoms with Gasteiger partial charge in [-0.1, -0.05) is 11.6 Å². The summed E-state index contributed by atoms with van der Waals surface area (Å²) in [4.78, 5) is 18.1. The maximum absolute atomic E-state index is 11.6. The summed E-state index contributed by atoms with van der Waals surface area (Å²) in [5.74, 6) is 0.228. The number of nitrogens with zero attached hydrogens (tertiary/aromatic N) is 2. The second-order valence-electron chi connectivity index (χ2n) is 4.61. The summed E-state index contributed by atoms with van der Waals surface area (Å²) in [6.45, 7) is 1.99. The molecule has 96 valence electrons. The van der Waals surface area contributed by atoms with Gasteiger partial charge in [-0.3, -0.25) is 0 Å². The Morgan fingerprint density at radius 1 is 1.67 bits per heavy atom. The van der Waals surface area contributed by atoms with Gasteiger partial charge in [-0.05, 0) is 18.9 Å². The molecule has 5 nitrogen and oxygen atoms in total. The number of hydrogen-bond donors (Lipinski definition) is 1. The van der Waals surface area contributed by atoms with Crippen LogP contribution < -0.4 is 10.2 Å². The van der Waals surface area contributed by atoms with Crippen molar-refractivity contribution in [2.45, 2.75) is 18.9 Å². The first-order valence-corrected chi connectivity index (χ1v) is 6.37. The molecule has 0 radical (unpaired) electrons. The lowest BCUT2D eigenvalue weighted by molar-refractivity contribution is 0.0594. The number of rotatable bonds is 1. The number of nitrogens with one attached hydrogen (secondary N) is 1. The molecule has 2 aliphatic heterocycles. The smallest absolute Gasteiger partial charge is 0.358 e. The predicted octanol–water partition coefficient (Wildman–Crippen LogP) is 1.92. The normalized spacial score (nSPS) is 21.0. The van der Waals surface area contributed by atoms with Crippen LogP contribution in [0.3, 0.4) is 0 Å². The first-order valence-electron chi connectivity index (χ1n) is 5.99. The lowest BCUT2D eigenvalue weighted by Gasteiger charge is -2.40. The molecule has 0 saturated carbocycles. The van der Waals surface area contributed by atoms with Crippen LogP contribution in [0.2, 0.25) is 5.02 Å². The lowest BCUT2D eigenvalue weighted by atomic mass is 10.0. The van der Waals surface area contributed by atoms with Crippen LogP contribution in [0.5, 0.6) is 0 Å². The Hall–Kier alpha value is -1.49. The molecule has 1 aromatic heterocycles. The summed E-state index contributed by atoms with van der Waals surface area (Å²) in [6.07, 6.45) is 2.29. The highest BCUT2D eigenvalue weighted by Gasteiger charge is 2.30. The summed E-state index contributed by atoms with van der Waals surface area (Å²) >= 11 is 6.09. The van der Waals surface area contributed by atoms with E-state index in [-0.39, 0.29) is 5.69 Å². The number of ether oxygens (including phenoxy) is 1. The van der Waals surface area contributed by atoms with Gasteiger partial charge in [-0.15, -0.1) is 0 Å². The van der Waals surface area contributed by atoms with Gasteiger partial charge in [0.2, 0.25) is 0 Å². The van der Waals surface area contributed by atoms with Gasteiger partial charge in [0, 0.05) is 19.1 Å². The van der Waals surface area contributed by atoms with Crippen molar-refractivity contribution in [3.05, 3.63) is 16.8 Å². The minimum absolute atomic E-state index is 0.173.